The Balaban J connectivity index is 1.63. The first-order chi connectivity index (χ1) is 14.5. The molecule has 1 amide bonds. The number of rotatable bonds is 4. The summed E-state index contributed by atoms with van der Waals surface area (Å²) in [7, 11) is 3.50. The van der Waals surface area contributed by atoms with Crippen LogP contribution in [0.2, 0.25) is 0 Å². The summed E-state index contributed by atoms with van der Waals surface area (Å²) in [5.74, 6) is -0.513. The average Bonchev–Trinajstić information content (AvgIpc) is 3.02. The Hall–Kier alpha value is -1.05. The molecule has 1 aliphatic heterocycles. The van der Waals surface area contributed by atoms with Gasteiger partial charge >= 0.3 is 0 Å². The number of halogens is 4. The van der Waals surface area contributed by atoms with E-state index in [2.05, 4.69) is 20.8 Å². The Kier molecular flexibility index (Phi) is 6.25. The fraction of sp³-hybridized carbons (Fsp3) is 0.455. The zero-order valence-electron chi connectivity index (χ0n) is 17.3. The van der Waals surface area contributed by atoms with Crippen molar-refractivity contribution in [2.75, 3.05) is 20.6 Å². The lowest BCUT2D eigenvalue weighted by Gasteiger charge is -2.54. The average molecular weight is 548 g/mol. The number of amides is 1. The van der Waals surface area contributed by atoms with Crippen LogP contribution in [0.15, 0.2) is 34.8 Å². The van der Waals surface area contributed by atoms with Crippen molar-refractivity contribution < 1.29 is 9.59 Å². The maximum atomic E-state index is 12.7. The van der Waals surface area contributed by atoms with Crippen LogP contribution in [0.25, 0.3) is 0 Å². The quantitative estimate of drug-likeness (QED) is 0.380. The molecule has 1 aromatic heterocycles. The van der Waals surface area contributed by atoms with Gasteiger partial charge in [-0.05, 0) is 59.0 Å². The highest BCUT2D eigenvalue weighted by molar-refractivity contribution is 9.10. The van der Waals surface area contributed by atoms with E-state index >= 15 is 0 Å². The van der Waals surface area contributed by atoms with Crippen LogP contribution in [-0.4, -0.2) is 50.5 Å². The molecule has 9 heteroatoms. The summed E-state index contributed by atoms with van der Waals surface area (Å²) in [4.78, 5) is 28.9. The van der Waals surface area contributed by atoms with Crippen LogP contribution in [-0.2, 0) is 18.6 Å². The lowest BCUT2D eigenvalue weighted by atomic mass is 9.71. The second kappa shape index (κ2) is 8.38. The number of carbonyl (C=O) groups is 2. The normalized spacial score (nSPS) is 17.9. The van der Waals surface area contributed by atoms with Crippen LogP contribution in [0.3, 0.4) is 0 Å². The maximum absolute atomic E-state index is 12.7. The second-order valence-corrected chi connectivity index (χ2v) is 11.5. The van der Waals surface area contributed by atoms with Crippen molar-refractivity contribution in [3.63, 3.8) is 0 Å². The molecule has 5 nitrogen and oxygen atoms in total. The van der Waals surface area contributed by atoms with Crippen molar-refractivity contribution in [3.05, 3.63) is 57.3 Å². The maximum Gasteiger partial charge on any atom is 0.255 e. The molecule has 31 heavy (non-hydrogen) atoms. The fourth-order valence-electron chi connectivity index (χ4n) is 4.67. The van der Waals surface area contributed by atoms with Crippen molar-refractivity contribution in [3.8, 4) is 0 Å². The minimum atomic E-state index is -1.98. The van der Waals surface area contributed by atoms with E-state index in [1.165, 1.54) is 0 Å². The van der Waals surface area contributed by atoms with Gasteiger partial charge in [0.1, 0.15) is 0 Å². The van der Waals surface area contributed by atoms with Gasteiger partial charge in [0, 0.05) is 43.8 Å². The van der Waals surface area contributed by atoms with Gasteiger partial charge in [-0.3, -0.25) is 14.5 Å². The van der Waals surface area contributed by atoms with Crippen LogP contribution in [0, 0.1) is 0 Å². The number of benzene rings is 1. The van der Waals surface area contributed by atoms with Crippen molar-refractivity contribution in [2.45, 2.75) is 41.7 Å². The molecule has 0 N–H and O–H groups in total. The standard InChI is InChI=1S/C22H23BrCl3N3O2/c1-27(2)20(31)15-6-4-14(5-7-15)13-28-10-11-29-17(19(30)22(24,25)26)12-16(23)18(29)21(28)8-3-9-21/h4-7,12H,3,8-11,13H2,1-2H3. The summed E-state index contributed by atoms with van der Waals surface area (Å²) in [6.45, 7) is 2.19. The summed E-state index contributed by atoms with van der Waals surface area (Å²) in [5, 5.41) is 0. The van der Waals surface area contributed by atoms with E-state index in [0.717, 1.165) is 48.1 Å². The van der Waals surface area contributed by atoms with Gasteiger partial charge in [0.2, 0.25) is 5.78 Å². The third-order valence-electron chi connectivity index (χ3n) is 6.34. The Morgan fingerprint density at radius 1 is 1.13 bits per heavy atom. The van der Waals surface area contributed by atoms with Crippen molar-refractivity contribution in [2.24, 2.45) is 0 Å². The van der Waals surface area contributed by atoms with Crippen LogP contribution in [0.4, 0.5) is 0 Å². The number of hydrogen-bond donors (Lipinski definition) is 0. The number of Topliss-reactive ketones (excluding diaryl/α,β-unsaturated/α-hetero) is 1. The van der Waals surface area contributed by atoms with Gasteiger partial charge in [-0.1, -0.05) is 46.9 Å². The molecule has 1 saturated carbocycles. The zero-order chi connectivity index (χ0) is 22.6. The van der Waals surface area contributed by atoms with E-state index in [0.29, 0.717) is 17.8 Å². The SMILES string of the molecule is CN(C)C(=O)c1ccc(CN2CCn3c(C(=O)C(Cl)(Cl)Cl)cc(Br)c3C23CCC3)cc1. The van der Waals surface area contributed by atoms with E-state index in [1.54, 1.807) is 25.1 Å². The van der Waals surface area contributed by atoms with Gasteiger partial charge in [0.25, 0.3) is 9.70 Å². The van der Waals surface area contributed by atoms with Gasteiger partial charge in [-0.15, -0.1) is 0 Å². The number of ketones is 1. The smallest absolute Gasteiger partial charge is 0.255 e. The zero-order valence-corrected chi connectivity index (χ0v) is 21.2. The third kappa shape index (κ3) is 4.06. The highest BCUT2D eigenvalue weighted by Crippen LogP contribution is 2.52. The number of alkyl halides is 3. The molecule has 2 aromatic rings. The van der Waals surface area contributed by atoms with Crippen molar-refractivity contribution in [1.29, 1.82) is 0 Å². The molecule has 1 fully saturated rings. The van der Waals surface area contributed by atoms with E-state index < -0.39 is 9.58 Å². The van der Waals surface area contributed by atoms with Crippen LogP contribution < -0.4 is 0 Å². The predicted octanol–water partition coefficient (Wildman–Crippen LogP) is 5.40. The van der Waals surface area contributed by atoms with Crippen molar-refractivity contribution in [1.82, 2.24) is 14.4 Å². The number of hydrogen-bond acceptors (Lipinski definition) is 3. The van der Waals surface area contributed by atoms with E-state index in [-0.39, 0.29) is 11.4 Å². The Morgan fingerprint density at radius 2 is 1.77 bits per heavy atom. The molecule has 1 spiro atoms. The lowest BCUT2D eigenvalue weighted by molar-refractivity contribution is -0.0223. The van der Waals surface area contributed by atoms with Crippen LogP contribution in [0.1, 0.15) is 51.4 Å². The first-order valence-electron chi connectivity index (χ1n) is 10.1. The van der Waals surface area contributed by atoms with Gasteiger partial charge in [0.15, 0.2) is 0 Å². The predicted molar refractivity (Wildman–Crippen MR) is 127 cm³/mol. The summed E-state index contributed by atoms with van der Waals surface area (Å²) in [5.41, 5.74) is 3.19. The van der Waals surface area contributed by atoms with Crippen LogP contribution >= 0.6 is 50.7 Å². The van der Waals surface area contributed by atoms with E-state index in [4.69, 9.17) is 34.8 Å². The molecule has 4 rings (SSSR count). The van der Waals surface area contributed by atoms with Gasteiger partial charge in [-0.2, -0.15) is 0 Å². The Labute approximate surface area is 205 Å². The summed E-state index contributed by atoms with van der Waals surface area (Å²) in [6, 6.07) is 9.58. The molecular weight excluding hydrogens is 525 g/mol. The topological polar surface area (TPSA) is 45.6 Å². The molecule has 0 radical (unpaired) electrons. The molecule has 1 aromatic carbocycles. The lowest BCUT2D eigenvalue weighted by Crippen LogP contribution is -2.56. The summed E-state index contributed by atoms with van der Waals surface area (Å²) in [6.07, 6.45) is 3.14. The van der Waals surface area contributed by atoms with Gasteiger partial charge in [0.05, 0.1) is 16.9 Å². The Bertz CT molecular complexity index is 1020. The number of carbonyl (C=O) groups excluding carboxylic acids is 2. The van der Waals surface area contributed by atoms with Gasteiger partial charge in [-0.25, -0.2) is 0 Å². The minimum absolute atomic E-state index is 0.00658. The van der Waals surface area contributed by atoms with E-state index in [9.17, 15) is 9.59 Å². The number of aromatic nitrogens is 1. The molecule has 2 aliphatic rings. The molecule has 2 heterocycles. The first kappa shape index (κ1) is 23.1. The monoisotopic (exact) mass is 545 g/mol. The first-order valence-corrected chi connectivity index (χ1v) is 12.0. The highest BCUT2D eigenvalue weighted by Gasteiger charge is 2.50. The van der Waals surface area contributed by atoms with Crippen molar-refractivity contribution >= 4 is 62.4 Å². The largest absolute Gasteiger partial charge is 0.345 e. The Morgan fingerprint density at radius 3 is 2.29 bits per heavy atom. The molecule has 1 aliphatic carbocycles. The number of nitrogens with zero attached hydrogens (tertiary/aromatic N) is 3. The molecule has 0 bridgehead atoms. The molecule has 0 unspecified atom stereocenters. The van der Waals surface area contributed by atoms with E-state index in [1.807, 2.05) is 28.8 Å². The third-order valence-corrected chi connectivity index (χ3v) is 7.46. The molecular formula is C22H23BrCl3N3O2. The number of fused-ring (bicyclic) bond motifs is 2. The van der Waals surface area contributed by atoms with Gasteiger partial charge < -0.3 is 9.47 Å². The summed E-state index contributed by atoms with van der Waals surface area (Å²) >= 11 is 21.4. The second-order valence-electron chi connectivity index (χ2n) is 8.41. The fourth-order valence-corrected chi connectivity index (χ4v) is 5.76. The molecule has 0 atom stereocenters. The summed E-state index contributed by atoms with van der Waals surface area (Å²) < 4.78 is 0.911. The van der Waals surface area contributed by atoms with Crippen LogP contribution in [0.5, 0.6) is 0 Å². The highest BCUT2D eigenvalue weighted by atomic mass is 79.9. The molecule has 166 valence electrons. The molecule has 0 saturated heterocycles. The minimum Gasteiger partial charge on any atom is -0.345 e.